The molecule has 32 heavy (non-hydrogen) atoms. The smallest absolute Gasteiger partial charge is 0.205 e. The average Bonchev–Trinajstić information content (AvgIpc) is 2.88. The van der Waals surface area contributed by atoms with Gasteiger partial charge in [-0.1, -0.05) is 109 Å². The summed E-state index contributed by atoms with van der Waals surface area (Å²) in [4.78, 5) is 0. The first-order valence-corrected chi connectivity index (χ1v) is 12.2. The van der Waals surface area contributed by atoms with Crippen LogP contribution in [0.3, 0.4) is 0 Å². The van der Waals surface area contributed by atoms with Gasteiger partial charge in [-0.15, -0.1) is 0 Å². The van der Waals surface area contributed by atoms with E-state index in [0.717, 1.165) is 21.7 Å². The lowest BCUT2D eigenvalue weighted by Gasteiger charge is -2.23. The molecule has 156 valence electrons. The Balaban J connectivity index is 1.74. The summed E-state index contributed by atoms with van der Waals surface area (Å²) < 4.78 is 14.4. The van der Waals surface area contributed by atoms with Gasteiger partial charge in [-0.05, 0) is 42.0 Å². The minimum Gasteiger partial charge on any atom is -0.296 e. The van der Waals surface area contributed by atoms with Crippen LogP contribution < -0.4 is 15.7 Å². The Morgan fingerprint density at radius 2 is 1.12 bits per heavy atom. The molecule has 0 saturated carbocycles. The van der Waals surface area contributed by atoms with Gasteiger partial charge in [-0.25, -0.2) is 5.09 Å². The molecule has 0 amide bonds. The average molecular weight is 433 g/mol. The molecule has 4 aromatic rings. The Morgan fingerprint density at radius 1 is 0.656 bits per heavy atom. The van der Waals surface area contributed by atoms with E-state index >= 15 is 0 Å². The van der Waals surface area contributed by atoms with Crippen LogP contribution in [0.2, 0.25) is 0 Å². The van der Waals surface area contributed by atoms with E-state index < -0.39 is 13.3 Å². The van der Waals surface area contributed by atoms with Crippen molar-refractivity contribution in [1.82, 2.24) is 5.09 Å². The third kappa shape index (κ3) is 5.54. The molecular weight excluding hydrogens is 409 g/mol. The van der Waals surface area contributed by atoms with Crippen molar-refractivity contribution in [3.8, 4) is 11.8 Å². The maximum absolute atomic E-state index is 14.4. The summed E-state index contributed by atoms with van der Waals surface area (Å²) in [7, 11) is -3.13. The maximum Gasteiger partial charge on any atom is 0.205 e. The van der Waals surface area contributed by atoms with E-state index in [4.69, 9.17) is 0 Å². The predicted molar refractivity (Wildman–Crippen MR) is 135 cm³/mol. The first-order valence-electron chi connectivity index (χ1n) is 10.5. The van der Waals surface area contributed by atoms with Crippen LogP contribution in [0.1, 0.15) is 11.1 Å². The van der Waals surface area contributed by atoms with Gasteiger partial charge < -0.3 is 0 Å². The Morgan fingerprint density at radius 3 is 1.66 bits per heavy atom. The summed E-state index contributed by atoms with van der Waals surface area (Å²) in [6.45, 7) is 0. The van der Waals surface area contributed by atoms with Crippen molar-refractivity contribution < 1.29 is 4.57 Å². The van der Waals surface area contributed by atoms with Gasteiger partial charge in [0.2, 0.25) is 7.29 Å². The van der Waals surface area contributed by atoms with Crippen LogP contribution in [0.5, 0.6) is 0 Å². The normalized spacial score (nSPS) is 12.1. The fraction of sp³-hybridized carbons (Fsp3) is 0.0345. The van der Waals surface area contributed by atoms with Crippen LogP contribution in [0, 0.1) is 11.8 Å². The fourth-order valence-corrected chi connectivity index (χ4v) is 5.67. The highest BCUT2D eigenvalue weighted by atomic mass is 31.2. The molecule has 1 atom stereocenters. The first-order chi connectivity index (χ1) is 15.7. The highest BCUT2D eigenvalue weighted by molar-refractivity contribution is 7.77. The van der Waals surface area contributed by atoms with Crippen molar-refractivity contribution in [3.63, 3.8) is 0 Å². The molecule has 0 aliphatic heterocycles. The molecule has 0 heterocycles. The Hall–Kier alpha value is -3.63. The summed E-state index contributed by atoms with van der Waals surface area (Å²) in [6.07, 6.45) is 3.99. The van der Waals surface area contributed by atoms with Crippen molar-refractivity contribution in [2.45, 2.75) is 6.04 Å². The highest BCUT2D eigenvalue weighted by Gasteiger charge is 2.28. The van der Waals surface area contributed by atoms with Crippen LogP contribution in [0.25, 0.3) is 6.08 Å². The molecule has 0 aliphatic carbocycles. The van der Waals surface area contributed by atoms with Crippen molar-refractivity contribution in [1.29, 1.82) is 0 Å². The van der Waals surface area contributed by atoms with Gasteiger partial charge in [0.05, 0.1) is 6.04 Å². The van der Waals surface area contributed by atoms with Crippen LogP contribution in [0.15, 0.2) is 127 Å². The van der Waals surface area contributed by atoms with Gasteiger partial charge in [-0.2, -0.15) is 0 Å². The summed E-state index contributed by atoms with van der Waals surface area (Å²) in [5.41, 5.74) is 1.98. The van der Waals surface area contributed by atoms with E-state index in [-0.39, 0.29) is 0 Å². The van der Waals surface area contributed by atoms with E-state index in [9.17, 15) is 4.57 Å². The lowest BCUT2D eigenvalue weighted by Crippen LogP contribution is -2.33. The summed E-state index contributed by atoms with van der Waals surface area (Å²) in [5.74, 6) is 6.50. The van der Waals surface area contributed by atoms with Gasteiger partial charge in [0.15, 0.2) is 0 Å². The number of nitrogens with one attached hydrogen (secondary N) is 1. The second-order valence-electron chi connectivity index (χ2n) is 7.29. The second-order valence-corrected chi connectivity index (χ2v) is 9.80. The van der Waals surface area contributed by atoms with Crippen LogP contribution in [0.4, 0.5) is 0 Å². The number of hydrogen-bond acceptors (Lipinski definition) is 1. The molecule has 0 radical (unpaired) electrons. The largest absolute Gasteiger partial charge is 0.296 e. The highest BCUT2D eigenvalue weighted by Crippen LogP contribution is 2.39. The molecule has 3 heteroatoms. The van der Waals surface area contributed by atoms with Gasteiger partial charge in [0, 0.05) is 16.2 Å². The Kier molecular flexibility index (Phi) is 7.15. The van der Waals surface area contributed by atoms with Gasteiger partial charge >= 0.3 is 0 Å². The molecule has 1 unspecified atom stereocenters. The zero-order chi connectivity index (χ0) is 22.1. The van der Waals surface area contributed by atoms with Gasteiger partial charge in [0.1, 0.15) is 0 Å². The third-order valence-corrected chi connectivity index (χ3v) is 7.68. The summed E-state index contributed by atoms with van der Waals surface area (Å²) in [6, 6.07) is 38.6. The molecule has 2 nitrogen and oxygen atoms in total. The van der Waals surface area contributed by atoms with Crippen molar-refractivity contribution in [2.75, 3.05) is 0 Å². The maximum atomic E-state index is 14.4. The third-order valence-electron chi connectivity index (χ3n) is 4.99. The van der Waals surface area contributed by atoms with E-state index in [0.29, 0.717) is 0 Å². The summed E-state index contributed by atoms with van der Waals surface area (Å²) in [5, 5.41) is 4.91. The van der Waals surface area contributed by atoms with Gasteiger partial charge in [-0.3, -0.25) is 4.57 Å². The van der Waals surface area contributed by atoms with Crippen molar-refractivity contribution in [2.24, 2.45) is 0 Å². The molecule has 0 aliphatic rings. The van der Waals surface area contributed by atoms with Crippen LogP contribution in [-0.4, -0.2) is 6.04 Å². The molecule has 0 fully saturated rings. The lowest BCUT2D eigenvalue weighted by atomic mass is 10.1. The Labute approximate surface area is 190 Å². The molecule has 4 rings (SSSR count). The molecule has 0 saturated heterocycles. The number of rotatable bonds is 6. The van der Waals surface area contributed by atoms with Gasteiger partial charge in [0.25, 0.3) is 0 Å². The van der Waals surface area contributed by atoms with E-state index in [1.807, 2.05) is 133 Å². The lowest BCUT2D eigenvalue weighted by molar-refractivity contribution is 0.578. The molecule has 0 spiro atoms. The second kappa shape index (κ2) is 10.6. The molecule has 0 aromatic heterocycles. The SMILES string of the molecule is O=P(NC(C#Cc1ccccc1)/C=C/c1ccccc1)(c1ccccc1)c1ccccc1. The van der Waals surface area contributed by atoms with Crippen molar-refractivity contribution >= 4 is 24.0 Å². The predicted octanol–water partition coefficient (Wildman–Crippen LogP) is 5.64. The van der Waals surface area contributed by atoms with E-state index in [1.54, 1.807) is 0 Å². The number of hydrogen-bond donors (Lipinski definition) is 1. The van der Waals surface area contributed by atoms with Crippen molar-refractivity contribution in [3.05, 3.63) is 139 Å². The molecule has 1 N–H and O–H groups in total. The first kappa shape index (κ1) is 21.6. The van der Waals surface area contributed by atoms with Crippen LogP contribution >= 0.6 is 7.29 Å². The quantitative estimate of drug-likeness (QED) is 0.315. The minimum absolute atomic E-state index is 0.415. The molecule has 0 bridgehead atoms. The molecular formula is C29H24NOP. The summed E-state index contributed by atoms with van der Waals surface area (Å²) >= 11 is 0. The zero-order valence-corrected chi connectivity index (χ0v) is 18.5. The zero-order valence-electron chi connectivity index (χ0n) is 17.6. The van der Waals surface area contributed by atoms with E-state index in [2.05, 4.69) is 16.9 Å². The molecule has 4 aromatic carbocycles. The van der Waals surface area contributed by atoms with Crippen LogP contribution in [-0.2, 0) is 4.57 Å². The topological polar surface area (TPSA) is 29.1 Å². The number of benzene rings is 4. The fourth-order valence-electron chi connectivity index (χ4n) is 3.35. The monoisotopic (exact) mass is 433 g/mol. The van der Waals surface area contributed by atoms with E-state index in [1.165, 1.54) is 0 Å². The Bertz CT molecular complexity index is 1210. The standard InChI is InChI=1S/C29H24NOP/c31-32(28-17-9-3-10-18-28,29-19-11-4-12-20-29)30-27(23-21-25-13-5-1-6-14-25)24-22-26-15-7-2-8-16-26/h1-21,23,27H,(H,30,31)/b23-21+. The minimum atomic E-state index is -3.13.